The molecular weight excluding hydrogens is 276 g/mol. The Labute approximate surface area is 116 Å². The van der Waals surface area contributed by atoms with Crippen LogP contribution in [0.15, 0.2) is 53.8 Å². The second-order valence-corrected chi connectivity index (χ2v) is 6.32. The summed E-state index contributed by atoms with van der Waals surface area (Å²) in [5.41, 5.74) is 1.28. The molecule has 0 fully saturated rings. The fourth-order valence-electron chi connectivity index (χ4n) is 2.16. The zero-order chi connectivity index (χ0) is 14.3. The van der Waals surface area contributed by atoms with Crippen LogP contribution < -0.4 is 0 Å². The maximum atomic E-state index is 12.6. The molecule has 102 valence electrons. The molecule has 0 aliphatic carbocycles. The molecule has 0 bridgehead atoms. The number of phenols is 1. The summed E-state index contributed by atoms with van der Waals surface area (Å²) >= 11 is 0. The molecule has 0 spiro atoms. The van der Waals surface area contributed by atoms with Crippen molar-refractivity contribution in [1.82, 2.24) is 8.96 Å². The van der Waals surface area contributed by atoms with Gasteiger partial charge in [-0.3, -0.25) is 4.98 Å². The van der Waals surface area contributed by atoms with Crippen molar-refractivity contribution in [2.24, 2.45) is 0 Å². The molecule has 1 aromatic carbocycles. The number of hydrogen-bond acceptors (Lipinski definition) is 4. The zero-order valence-electron chi connectivity index (χ0n) is 10.7. The molecule has 0 saturated heterocycles. The van der Waals surface area contributed by atoms with Gasteiger partial charge in [0, 0.05) is 30.0 Å². The first-order valence-electron chi connectivity index (χ1n) is 5.96. The van der Waals surface area contributed by atoms with Crippen molar-refractivity contribution in [3.63, 3.8) is 0 Å². The molecule has 3 aromatic rings. The summed E-state index contributed by atoms with van der Waals surface area (Å²) in [6.07, 6.45) is 4.37. The summed E-state index contributed by atoms with van der Waals surface area (Å²) in [6, 6.07) is 7.75. The van der Waals surface area contributed by atoms with Gasteiger partial charge in [-0.05, 0) is 36.8 Å². The van der Waals surface area contributed by atoms with Crippen LogP contribution in [0.3, 0.4) is 0 Å². The Balaban J connectivity index is 2.33. The average molecular weight is 288 g/mol. The van der Waals surface area contributed by atoms with Crippen LogP contribution >= 0.6 is 0 Å². The Hall–Kier alpha value is -2.34. The number of pyridine rings is 1. The van der Waals surface area contributed by atoms with Gasteiger partial charge in [0.25, 0.3) is 10.0 Å². The van der Waals surface area contributed by atoms with Gasteiger partial charge in [-0.25, -0.2) is 12.4 Å². The summed E-state index contributed by atoms with van der Waals surface area (Å²) in [7, 11) is -3.72. The van der Waals surface area contributed by atoms with E-state index in [1.54, 1.807) is 18.3 Å². The van der Waals surface area contributed by atoms with Crippen molar-refractivity contribution < 1.29 is 13.5 Å². The first-order chi connectivity index (χ1) is 9.50. The first-order valence-corrected chi connectivity index (χ1v) is 7.40. The van der Waals surface area contributed by atoms with Crippen molar-refractivity contribution >= 4 is 20.9 Å². The second-order valence-electron chi connectivity index (χ2n) is 4.50. The monoisotopic (exact) mass is 288 g/mol. The van der Waals surface area contributed by atoms with Crippen LogP contribution in [0.5, 0.6) is 5.75 Å². The highest BCUT2D eigenvalue weighted by Crippen LogP contribution is 2.27. The number of phenolic OH excluding ortho intramolecular Hbond substituents is 1. The Morgan fingerprint density at radius 1 is 1.25 bits per heavy atom. The molecule has 6 heteroatoms. The maximum absolute atomic E-state index is 12.6. The van der Waals surface area contributed by atoms with E-state index in [2.05, 4.69) is 4.98 Å². The van der Waals surface area contributed by atoms with Crippen LogP contribution in [-0.4, -0.2) is 22.5 Å². The predicted octanol–water partition coefficient (Wildman–Crippen LogP) is 2.29. The molecule has 0 unspecified atom stereocenters. The van der Waals surface area contributed by atoms with Crippen molar-refractivity contribution in [2.45, 2.75) is 11.8 Å². The van der Waals surface area contributed by atoms with E-state index in [0.29, 0.717) is 5.52 Å². The highest BCUT2D eigenvalue weighted by atomic mass is 32.2. The van der Waals surface area contributed by atoms with Crippen LogP contribution in [0, 0.1) is 6.92 Å². The first kappa shape index (κ1) is 12.7. The molecule has 0 aliphatic rings. The normalized spacial score (nSPS) is 11.8. The Kier molecular flexibility index (Phi) is 2.76. The lowest BCUT2D eigenvalue weighted by atomic mass is 10.2. The zero-order valence-corrected chi connectivity index (χ0v) is 11.5. The minimum Gasteiger partial charge on any atom is -0.508 e. The summed E-state index contributed by atoms with van der Waals surface area (Å²) in [4.78, 5) is 3.95. The molecule has 2 aromatic heterocycles. The number of benzene rings is 1. The highest BCUT2D eigenvalue weighted by Gasteiger charge is 2.20. The standard InChI is InChI=1S/C14H12N2O3S/c1-10-9-16(14-7-11(17)4-5-13(10)14)20(18,19)12-3-2-6-15-8-12/h2-9,17H,1H3. The van der Waals surface area contributed by atoms with Gasteiger partial charge in [0.1, 0.15) is 10.6 Å². The molecule has 0 saturated carbocycles. The molecule has 2 heterocycles. The van der Waals surface area contributed by atoms with E-state index in [1.165, 1.54) is 34.6 Å². The van der Waals surface area contributed by atoms with E-state index in [0.717, 1.165) is 10.9 Å². The van der Waals surface area contributed by atoms with E-state index < -0.39 is 10.0 Å². The van der Waals surface area contributed by atoms with Crippen LogP contribution in [-0.2, 0) is 10.0 Å². The Bertz CT molecular complexity index is 883. The molecule has 0 radical (unpaired) electrons. The van der Waals surface area contributed by atoms with Gasteiger partial charge in [0.05, 0.1) is 5.52 Å². The molecule has 3 rings (SSSR count). The second kappa shape index (κ2) is 4.35. The van der Waals surface area contributed by atoms with Crippen LogP contribution in [0.2, 0.25) is 0 Å². The summed E-state index contributed by atoms with van der Waals surface area (Å²) < 4.78 is 26.4. The van der Waals surface area contributed by atoms with Crippen molar-refractivity contribution in [3.05, 3.63) is 54.5 Å². The van der Waals surface area contributed by atoms with Crippen LogP contribution in [0.25, 0.3) is 10.9 Å². The van der Waals surface area contributed by atoms with Crippen LogP contribution in [0.1, 0.15) is 5.56 Å². The number of aromatic nitrogens is 2. The molecule has 5 nitrogen and oxygen atoms in total. The van der Waals surface area contributed by atoms with Gasteiger partial charge in [-0.1, -0.05) is 0 Å². The van der Waals surface area contributed by atoms with Crippen molar-refractivity contribution in [3.8, 4) is 5.75 Å². The molecule has 0 amide bonds. The lowest BCUT2D eigenvalue weighted by Gasteiger charge is -2.07. The number of fused-ring (bicyclic) bond motifs is 1. The summed E-state index contributed by atoms with van der Waals surface area (Å²) in [5, 5.41) is 10.4. The maximum Gasteiger partial charge on any atom is 0.269 e. The summed E-state index contributed by atoms with van der Waals surface area (Å²) in [5.74, 6) is 0.0261. The van der Waals surface area contributed by atoms with Gasteiger partial charge in [0.15, 0.2) is 0 Å². The van der Waals surface area contributed by atoms with Crippen LogP contribution in [0.4, 0.5) is 0 Å². The third-order valence-corrected chi connectivity index (χ3v) is 4.80. The average Bonchev–Trinajstić information content (AvgIpc) is 2.77. The highest BCUT2D eigenvalue weighted by molar-refractivity contribution is 7.90. The van der Waals surface area contributed by atoms with Gasteiger partial charge in [-0.15, -0.1) is 0 Å². The SMILES string of the molecule is Cc1cn(S(=O)(=O)c2cccnc2)c2cc(O)ccc12. The van der Waals surface area contributed by atoms with E-state index in [1.807, 2.05) is 6.92 Å². The Morgan fingerprint density at radius 2 is 2.05 bits per heavy atom. The van der Waals surface area contributed by atoms with E-state index in [4.69, 9.17) is 0 Å². The molecule has 0 atom stereocenters. The predicted molar refractivity (Wildman–Crippen MR) is 75.2 cm³/mol. The number of nitrogens with zero attached hydrogens (tertiary/aromatic N) is 2. The van der Waals surface area contributed by atoms with Gasteiger partial charge < -0.3 is 5.11 Å². The lowest BCUT2D eigenvalue weighted by molar-refractivity contribution is 0.476. The number of rotatable bonds is 2. The van der Waals surface area contributed by atoms with E-state index in [9.17, 15) is 13.5 Å². The fraction of sp³-hybridized carbons (Fsp3) is 0.0714. The third-order valence-electron chi connectivity index (χ3n) is 3.15. The van der Waals surface area contributed by atoms with Gasteiger partial charge in [0.2, 0.25) is 0 Å². The largest absolute Gasteiger partial charge is 0.508 e. The molecule has 0 aliphatic heterocycles. The lowest BCUT2D eigenvalue weighted by Crippen LogP contribution is -2.11. The summed E-state index contributed by atoms with van der Waals surface area (Å²) in [6.45, 7) is 1.83. The minimum absolute atomic E-state index is 0.0261. The minimum atomic E-state index is -3.72. The number of aromatic hydroxyl groups is 1. The van der Waals surface area contributed by atoms with Gasteiger partial charge >= 0.3 is 0 Å². The smallest absolute Gasteiger partial charge is 0.269 e. The van der Waals surface area contributed by atoms with Crippen molar-refractivity contribution in [1.29, 1.82) is 0 Å². The number of aryl methyl sites for hydroxylation is 1. The molecular formula is C14H12N2O3S. The molecule has 20 heavy (non-hydrogen) atoms. The Morgan fingerprint density at radius 3 is 2.75 bits per heavy atom. The van der Waals surface area contributed by atoms with Gasteiger partial charge in [-0.2, -0.15) is 0 Å². The van der Waals surface area contributed by atoms with E-state index >= 15 is 0 Å². The third kappa shape index (κ3) is 1.85. The topological polar surface area (TPSA) is 72.2 Å². The van der Waals surface area contributed by atoms with E-state index in [-0.39, 0.29) is 10.6 Å². The molecule has 1 N–H and O–H groups in total. The number of hydrogen-bond donors (Lipinski definition) is 1. The quantitative estimate of drug-likeness (QED) is 0.785. The fourth-order valence-corrected chi connectivity index (χ4v) is 3.54. The van der Waals surface area contributed by atoms with Crippen molar-refractivity contribution in [2.75, 3.05) is 0 Å².